The first-order valence-electron chi connectivity index (χ1n) is 15.1. The quantitative estimate of drug-likeness (QED) is 0.218. The number of rotatable bonds is 11. The van der Waals surface area contributed by atoms with E-state index in [9.17, 15) is 0 Å². The van der Waals surface area contributed by atoms with Gasteiger partial charge in [-0.05, 0) is 73.0 Å². The molecule has 0 spiro atoms. The topological polar surface area (TPSA) is 33.7 Å². The summed E-state index contributed by atoms with van der Waals surface area (Å²) in [7, 11) is 3.48. The van der Waals surface area contributed by atoms with Gasteiger partial charge >= 0.3 is 0 Å². The molecule has 5 unspecified atom stereocenters. The Kier molecular flexibility index (Phi) is 8.69. The molecule has 4 aromatic rings. The second-order valence-electron chi connectivity index (χ2n) is 11.6. The van der Waals surface area contributed by atoms with Crippen molar-refractivity contribution in [1.82, 2.24) is 10.2 Å². The van der Waals surface area contributed by atoms with Gasteiger partial charge < -0.3 is 14.8 Å². The molecule has 0 amide bonds. The van der Waals surface area contributed by atoms with Gasteiger partial charge in [0.2, 0.25) is 0 Å². The molecule has 4 heteroatoms. The minimum atomic E-state index is 0.282. The highest BCUT2D eigenvalue weighted by Crippen LogP contribution is 2.45. The van der Waals surface area contributed by atoms with Crippen LogP contribution in [0, 0.1) is 5.92 Å². The van der Waals surface area contributed by atoms with Crippen LogP contribution in [0.15, 0.2) is 109 Å². The zero-order valence-electron chi connectivity index (χ0n) is 24.3. The van der Waals surface area contributed by atoms with E-state index < -0.39 is 0 Å². The van der Waals surface area contributed by atoms with Crippen LogP contribution in [0.3, 0.4) is 0 Å². The Morgan fingerprint density at radius 2 is 1.46 bits per heavy atom. The Bertz CT molecular complexity index is 1340. The molecule has 0 saturated carbocycles. The summed E-state index contributed by atoms with van der Waals surface area (Å²) in [5.41, 5.74) is 5.36. The van der Waals surface area contributed by atoms with E-state index in [0.29, 0.717) is 24.0 Å². The molecule has 3 saturated heterocycles. The lowest BCUT2D eigenvalue weighted by Crippen LogP contribution is -2.67. The summed E-state index contributed by atoms with van der Waals surface area (Å²) in [5, 5.41) is 4.08. The minimum Gasteiger partial charge on any atom is -0.497 e. The fourth-order valence-corrected chi connectivity index (χ4v) is 7.41. The monoisotopic (exact) mass is 546 g/mol. The number of piperidine rings is 3. The Morgan fingerprint density at radius 3 is 2.10 bits per heavy atom. The summed E-state index contributed by atoms with van der Waals surface area (Å²) in [6, 6.07) is 40.7. The van der Waals surface area contributed by atoms with E-state index in [2.05, 4.69) is 107 Å². The first-order valence-corrected chi connectivity index (χ1v) is 15.1. The van der Waals surface area contributed by atoms with Crippen molar-refractivity contribution < 1.29 is 9.47 Å². The molecule has 0 aromatic heterocycles. The average molecular weight is 547 g/mol. The number of methoxy groups -OCH3 is 2. The second-order valence-corrected chi connectivity index (χ2v) is 11.6. The van der Waals surface area contributed by atoms with Gasteiger partial charge in [-0.3, -0.25) is 4.90 Å². The third-order valence-corrected chi connectivity index (χ3v) is 9.34. The van der Waals surface area contributed by atoms with Crippen LogP contribution in [0.5, 0.6) is 11.5 Å². The first kappa shape index (κ1) is 27.6. The summed E-state index contributed by atoms with van der Waals surface area (Å²) < 4.78 is 11.3. The number of fused-ring (bicyclic) bond motifs is 3. The molecule has 5 atom stereocenters. The summed E-state index contributed by atoms with van der Waals surface area (Å²) in [5.74, 6) is 2.67. The van der Waals surface area contributed by atoms with Crippen molar-refractivity contribution in [1.29, 1.82) is 0 Å². The van der Waals surface area contributed by atoms with E-state index in [-0.39, 0.29) is 5.92 Å². The predicted octanol–water partition coefficient (Wildman–Crippen LogP) is 7.09. The fraction of sp³-hybridized carbons (Fsp3) is 0.351. The van der Waals surface area contributed by atoms with Crippen molar-refractivity contribution in [3.63, 3.8) is 0 Å². The van der Waals surface area contributed by atoms with Gasteiger partial charge in [0, 0.05) is 36.2 Å². The Morgan fingerprint density at radius 1 is 0.805 bits per heavy atom. The van der Waals surface area contributed by atoms with Gasteiger partial charge in [-0.2, -0.15) is 0 Å². The molecule has 41 heavy (non-hydrogen) atoms. The number of benzene rings is 4. The van der Waals surface area contributed by atoms with Gasteiger partial charge in [-0.25, -0.2) is 0 Å². The number of aryl methyl sites for hydroxylation is 1. The lowest BCUT2D eigenvalue weighted by molar-refractivity contribution is -0.0418. The molecule has 3 aliphatic heterocycles. The summed E-state index contributed by atoms with van der Waals surface area (Å²) in [6.07, 6.45) is 4.81. The summed E-state index contributed by atoms with van der Waals surface area (Å²) in [6.45, 7) is 1.91. The van der Waals surface area contributed by atoms with Crippen LogP contribution in [0.2, 0.25) is 0 Å². The number of hydrogen-bond acceptors (Lipinski definition) is 4. The van der Waals surface area contributed by atoms with E-state index in [1.807, 2.05) is 12.1 Å². The van der Waals surface area contributed by atoms with Crippen LogP contribution >= 0.6 is 0 Å². The number of nitrogens with zero attached hydrogens (tertiary/aromatic N) is 1. The van der Waals surface area contributed by atoms with Crippen LogP contribution in [-0.2, 0) is 13.0 Å². The van der Waals surface area contributed by atoms with E-state index in [1.54, 1.807) is 14.2 Å². The number of hydrogen-bond donors (Lipinski definition) is 1. The molecular weight excluding hydrogens is 504 g/mol. The van der Waals surface area contributed by atoms with Gasteiger partial charge in [0.1, 0.15) is 11.5 Å². The van der Waals surface area contributed by atoms with Crippen molar-refractivity contribution in [2.24, 2.45) is 5.92 Å². The molecule has 3 fully saturated rings. The van der Waals surface area contributed by atoms with Crippen molar-refractivity contribution >= 4 is 0 Å². The maximum absolute atomic E-state index is 5.74. The Hall–Kier alpha value is -3.60. The highest BCUT2D eigenvalue weighted by Gasteiger charge is 2.49. The summed E-state index contributed by atoms with van der Waals surface area (Å²) >= 11 is 0. The molecule has 212 valence electrons. The molecular formula is C37H42N2O2. The van der Waals surface area contributed by atoms with Gasteiger partial charge in [0.15, 0.2) is 0 Å². The summed E-state index contributed by atoms with van der Waals surface area (Å²) in [4.78, 5) is 2.87. The number of ether oxygens (including phenoxy) is 2. The lowest BCUT2D eigenvalue weighted by Gasteiger charge is -2.58. The average Bonchev–Trinajstić information content (AvgIpc) is 3.05. The zero-order chi connectivity index (χ0) is 28.0. The highest BCUT2D eigenvalue weighted by atomic mass is 16.5. The smallest absolute Gasteiger partial charge is 0.123 e. The van der Waals surface area contributed by atoms with Gasteiger partial charge in [0.25, 0.3) is 0 Å². The van der Waals surface area contributed by atoms with Crippen molar-refractivity contribution in [3.8, 4) is 11.5 Å². The second kappa shape index (κ2) is 12.9. The maximum atomic E-state index is 5.74. The third kappa shape index (κ3) is 6.05. The largest absolute Gasteiger partial charge is 0.497 e. The maximum Gasteiger partial charge on any atom is 0.123 e. The molecule has 0 aliphatic carbocycles. The highest BCUT2D eigenvalue weighted by molar-refractivity contribution is 5.41. The van der Waals surface area contributed by atoms with E-state index in [4.69, 9.17) is 9.47 Å². The fourth-order valence-electron chi connectivity index (χ4n) is 7.41. The van der Waals surface area contributed by atoms with Crippen LogP contribution in [0.1, 0.15) is 47.4 Å². The van der Waals surface area contributed by atoms with Crippen LogP contribution < -0.4 is 14.8 Å². The van der Waals surface area contributed by atoms with E-state index >= 15 is 0 Å². The molecule has 4 aromatic carbocycles. The molecule has 3 heterocycles. The minimum absolute atomic E-state index is 0.282. The van der Waals surface area contributed by atoms with Crippen LogP contribution in [-0.4, -0.2) is 43.8 Å². The lowest BCUT2D eigenvalue weighted by atomic mass is 9.67. The van der Waals surface area contributed by atoms with Gasteiger partial charge in [0.05, 0.1) is 14.2 Å². The Balaban J connectivity index is 1.35. The molecule has 1 N–H and O–H groups in total. The molecule has 2 bridgehead atoms. The Labute approximate surface area is 245 Å². The van der Waals surface area contributed by atoms with Crippen LogP contribution in [0.25, 0.3) is 0 Å². The van der Waals surface area contributed by atoms with Crippen molar-refractivity contribution in [2.45, 2.75) is 56.3 Å². The molecule has 7 rings (SSSR count). The van der Waals surface area contributed by atoms with Crippen LogP contribution in [0.4, 0.5) is 0 Å². The van der Waals surface area contributed by atoms with E-state index in [1.165, 1.54) is 36.0 Å². The molecule has 4 nitrogen and oxygen atoms in total. The van der Waals surface area contributed by atoms with Gasteiger partial charge in [-0.1, -0.05) is 91.0 Å². The van der Waals surface area contributed by atoms with Gasteiger partial charge in [-0.15, -0.1) is 0 Å². The first-order chi connectivity index (χ1) is 20.2. The van der Waals surface area contributed by atoms with Crippen molar-refractivity contribution in [2.75, 3.05) is 20.8 Å². The van der Waals surface area contributed by atoms with E-state index in [0.717, 1.165) is 36.6 Å². The predicted molar refractivity (Wildman–Crippen MR) is 167 cm³/mol. The zero-order valence-corrected chi connectivity index (χ0v) is 24.3. The third-order valence-electron chi connectivity index (χ3n) is 9.34. The molecule has 3 aliphatic rings. The standard InChI is InChI=1S/C37H42N2O2/c1-40-33-20-21-34(41-2)31(25-33)26-38-36-30-22-23-39(32(24-30)19-18-27-12-6-3-7-13-27)37(36)35(28-14-8-4-9-15-28)29-16-10-5-11-17-29/h3-17,20-21,25,30,32,35-38H,18-19,22-24,26H2,1-2H3. The normalized spacial score (nSPS) is 23.4. The van der Waals surface area contributed by atoms with Crippen molar-refractivity contribution in [3.05, 3.63) is 131 Å². The number of nitrogens with one attached hydrogen (secondary N) is 1. The SMILES string of the molecule is COc1ccc(OC)c(CNC2C3CCN(C(CCc4ccccc4)C3)C2C(c2ccccc2)c2ccccc2)c1. The molecule has 0 radical (unpaired) electrons.